The molecule has 15 nitrogen and oxygen atoms in total. The Kier molecular flexibility index (Phi) is 9.05. The van der Waals surface area contributed by atoms with Gasteiger partial charge in [-0.05, 0) is 0 Å². The summed E-state index contributed by atoms with van der Waals surface area (Å²) in [5, 5.41) is 24.8. The van der Waals surface area contributed by atoms with Gasteiger partial charge in [0.15, 0.2) is 0 Å². The molecule has 0 saturated heterocycles. The van der Waals surface area contributed by atoms with E-state index in [0.717, 1.165) is 0 Å². The Labute approximate surface area is 186 Å². The van der Waals surface area contributed by atoms with Crippen LogP contribution in [0.4, 0.5) is 0 Å². The molecule has 0 saturated carbocycles. The van der Waals surface area contributed by atoms with Crippen molar-refractivity contribution < 1.29 is 34.2 Å². The maximum atomic E-state index is 12.6. The Morgan fingerprint density at radius 3 is 2.03 bits per heavy atom. The van der Waals surface area contributed by atoms with Crippen LogP contribution in [-0.4, -0.2) is 84.5 Å². The first-order valence-electron chi connectivity index (χ1n) is 9.67. The Hall–Kier alpha value is -4.27. The highest BCUT2D eigenvalue weighted by atomic mass is 16.4. The first kappa shape index (κ1) is 25.0. The molecule has 0 spiro atoms. The molecule has 3 unspecified atom stereocenters. The zero-order valence-corrected chi connectivity index (χ0v) is 17.3. The maximum Gasteiger partial charge on any atom is 0.326 e. The minimum absolute atomic E-state index is 0.0930. The van der Waals surface area contributed by atoms with Gasteiger partial charge in [0, 0.05) is 36.6 Å². The highest BCUT2D eigenvalue weighted by Crippen LogP contribution is 2.02. The first-order chi connectivity index (χ1) is 15.7. The van der Waals surface area contributed by atoms with Gasteiger partial charge < -0.3 is 41.9 Å². The summed E-state index contributed by atoms with van der Waals surface area (Å²) in [5.74, 6) is -5.25. The fourth-order valence-electron chi connectivity index (χ4n) is 2.74. The van der Waals surface area contributed by atoms with Crippen molar-refractivity contribution in [1.82, 2.24) is 35.9 Å². The predicted molar refractivity (Wildman–Crippen MR) is 109 cm³/mol. The van der Waals surface area contributed by atoms with Crippen molar-refractivity contribution in [1.29, 1.82) is 0 Å². The van der Waals surface area contributed by atoms with E-state index in [4.69, 9.17) is 15.9 Å². The Morgan fingerprint density at radius 1 is 0.909 bits per heavy atom. The quantitative estimate of drug-likeness (QED) is 0.148. The van der Waals surface area contributed by atoms with Crippen molar-refractivity contribution >= 4 is 29.7 Å². The molecule has 2 heterocycles. The van der Waals surface area contributed by atoms with Gasteiger partial charge in [0.05, 0.1) is 31.7 Å². The van der Waals surface area contributed by atoms with E-state index in [-0.39, 0.29) is 12.8 Å². The largest absolute Gasteiger partial charge is 0.481 e. The van der Waals surface area contributed by atoms with Crippen LogP contribution in [0.3, 0.4) is 0 Å². The fraction of sp³-hybridized carbons (Fsp3) is 0.389. The van der Waals surface area contributed by atoms with Crippen molar-refractivity contribution in [3.63, 3.8) is 0 Å². The zero-order valence-electron chi connectivity index (χ0n) is 17.3. The van der Waals surface area contributed by atoms with Gasteiger partial charge >= 0.3 is 11.9 Å². The van der Waals surface area contributed by atoms with Crippen LogP contribution in [0.2, 0.25) is 0 Å². The van der Waals surface area contributed by atoms with Crippen LogP contribution in [-0.2, 0) is 36.8 Å². The summed E-state index contributed by atoms with van der Waals surface area (Å²) in [6.45, 7) is -0.500. The normalized spacial score (nSPS) is 13.4. The van der Waals surface area contributed by atoms with E-state index in [1.54, 1.807) is 0 Å². The van der Waals surface area contributed by atoms with Crippen LogP contribution in [0.15, 0.2) is 25.0 Å². The van der Waals surface area contributed by atoms with E-state index < -0.39 is 60.8 Å². The van der Waals surface area contributed by atoms with Crippen molar-refractivity contribution in [3.8, 4) is 0 Å². The number of carbonyl (C=O) groups is 5. The van der Waals surface area contributed by atoms with Crippen molar-refractivity contribution in [2.45, 2.75) is 37.4 Å². The number of nitrogens with two attached hydrogens (primary N) is 1. The van der Waals surface area contributed by atoms with Crippen LogP contribution >= 0.6 is 0 Å². The number of hydrogen-bond acceptors (Lipinski definition) is 8. The average Bonchev–Trinajstić information content (AvgIpc) is 3.44. The average molecular weight is 464 g/mol. The second-order valence-corrected chi connectivity index (χ2v) is 7.00. The highest BCUT2D eigenvalue weighted by Gasteiger charge is 2.29. The number of aromatic nitrogens is 4. The molecule has 2 aromatic heterocycles. The summed E-state index contributed by atoms with van der Waals surface area (Å²) in [4.78, 5) is 72.3. The molecule has 2 aromatic rings. The molecule has 0 aliphatic carbocycles. The molecule has 0 aliphatic rings. The van der Waals surface area contributed by atoms with E-state index in [2.05, 4.69) is 35.9 Å². The summed E-state index contributed by atoms with van der Waals surface area (Å²) in [5.41, 5.74) is 6.87. The Balaban J connectivity index is 1.96. The number of nitrogens with zero attached hydrogens (tertiary/aromatic N) is 2. The van der Waals surface area contributed by atoms with Gasteiger partial charge in [-0.2, -0.15) is 0 Å². The van der Waals surface area contributed by atoms with Crippen LogP contribution in [0.25, 0.3) is 0 Å². The number of carboxylic acids is 2. The SMILES string of the molecule is NC(Cc1cnc[nH]1)C(=O)NCC(=O)NC(Cc1cnc[nH]1)C(=O)NC(CC(=O)O)C(=O)O. The summed E-state index contributed by atoms with van der Waals surface area (Å²) < 4.78 is 0. The van der Waals surface area contributed by atoms with Crippen molar-refractivity contribution in [2.24, 2.45) is 5.73 Å². The van der Waals surface area contributed by atoms with Crippen molar-refractivity contribution in [2.75, 3.05) is 6.54 Å². The molecule has 178 valence electrons. The van der Waals surface area contributed by atoms with E-state index in [1.807, 2.05) is 0 Å². The highest BCUT2D eigenvalue weighted by molar-refractivity contribution is 5.93. The van der Waals surface area contributed by atoms with Gasteiger partial charge in [-0.3, -0.25) is 19.2 Å². The monoisotopic (exact) mass is 464 g/mol. The molecule has 15 heteroatoms. The van der Waals surface area contributed by atoms with Crippen LogP contribution in [0.1, 0.15) is 17.8 Å². The number of nitrogens with one attached hydrogen (secondary N) is 5. The number of aromatic amines is 2. The third-order valence-electron chi connectivity index (χ3n) is 4.38. The molecule has 3 amide bonds. The number of hydrogen-bond donors (Lipinski definition) is 8. The molecule has 9 N–H and O–H groups in total. The van der Waals surface area contributed by atoms with Gasteiger partial charge in [0.1, 0.15) is 12.1 Å². The van der Waals surface area contributed by atoms with Crippen LogP contribution in [0, 0.1) is 0 Å². The second kappa shape index (κ2) is 11.9. The van der Waals surface area contributed by atoms with E-state index in [9.17, 15) is 24.0 Å². The lowest BCUT2D eigenvalue weighted by molar-refractivity contribution is -0.147. The summed E-state index contributed by atoms with van der Waals surface area (Å²) in [7, 11) is 0. The minimum atomic E-state index is -1.70. The van der Waals surface area contributed by atoms with Gasteiger partial charge in [0.25, 0.3) is 0 Å². The zero-order chi connectivity index (χ0) is 24.4. The molecular formula is C18H24N8O7. The molecule has 0 aliphatic heterocycles. The molecular weight excluding hydrogens is 440 g/mol. The summed E-state index contributed by atoms with van der Waals surface area (Å²) in [6.07, 6.45) is 4.90. The standard InChI is InChI=1S/C18H24N8O7/c19-11(1-9-4-20-7-23-9)16(30)22-6-14(27)25-12(2-10-5-21-8-24-10)17(31)26-13(18(32)33)3-15(28)29/h4-5,7-8,11-13H,1-3,6,19H2,(H,20,23)(H,21,24)(H,22,30)(H,25,27)(H,26,31)(H,28,29)(H,32,33). The lowest BCUT2D eigenvalue weighted by Gasteiger charge is -2.21. The Bertz CT molecular complexity index is 961. The van der Waals surface area contributed by atoms with E-state index >= 15 is 0 Å². The Morgan fingerprint density at radius 2 is 1.52 bits per heavy atom. The minimum Gasteiger partial charge on any atom is -0.481 e. The molecule has 0 radical (unpaired) electrons. The van der Waals surface area contributed by atoms with E-state index in [1.165, 1.54) is 25.0 Å². The third kappa shape index (κ3) is 8.41. The summed E-state index contributed by atoms with van der Waals surface area (Å²) in [6, 6.07) is -3.92. The third-order valence-corrected chi connectivity index (χ3v) is 4.38. The lowest BCUT2D eigenvalue weighted by atomic mass is 10.1. The maximum absolute atomic E-state index is 12.6. The number of aliphatic carboxylic acids is 2. The molecule has 33 heavy (non-hydrogen) atoms. The van der Waals surface area contributed by atoms with Gasteiger partial charge in [0.2, 0.25) is 17.7 Å². The summed E-state index contributed by atoms with van der Waals surface area (Å²) >= 11 is 0. The van der Waals surface area contributed by atoms with E-state index in [0.29, 0.717) is 11.4 Å². The fourth-order valence-corrected chi connectivity index (χ4v) is 2.74. The second-order valence-electron chi connectivity index (χ2n) is 7.00. The number of carboxylic acid groups (broad SMARTS) is 2. The van der Waals surface area contributed by atoms with Gasteiger partial charge in [-0.1, -0.05) is 0 Å². The number of H-pyrrole nitrogens is 2. The molecule has 2 rings (SSSR count). The molecule has 3 atom stereocenters. The number of amides is 3. The molecule has 0 bridgehead atoms. The lowest BCUT2D eigenvalue weighted by Crippen LogP contribution is -2.54. The van der Waals surface area contributed by atoms with Gasteiger partial charge in [-0.25, -0.2) is 14.8 Å². The van der Waals surface area contributed by atoms with Crippen LogP contribution in [0.5, 0.6) is 0 Å². The topological polar surface area (TPSA) is 245 Å². The van der Waals surface area contributed by atoms with Crippen molar-refractivity contribution in [3.05, 3.63) is 36.4 Å². The van der Waals surface area contributed by atoms with Crippen LogP contribution < -0.4 is 21.7 Å². The number of carbonyl (C=O) groups excluding carboxylic acids is 3. The number of imidazole rings is 2. The first-order valence-corrected chi connectivity index (χ1v) is 9.67. The smallest absolute Gasteiger partial charge is 0.326 e. The number of rotatable bonds is 13. The van der Waals surface area contributed by atoms with Gasteiger partial charge in [-0.15, -0.1) is 0 Å². The molecule has 0 aromatic carbocycles. The predicted octanol–water partition coefficient (Wildman–Crippen LogP) is -3.11. The molecule has 0 fully saturated rings.